The van der Waals surface area contributed by atoms with Gasteiger partial charge in [0.1, 0.15) is 0 Å². The Kier molecular flexibility index (Phi) is 4.77. The van der Waals surface area contributed by atoms with E-state index in [2.05, 4.69) is 11.8 Å². The maximum Gasteiger partial charge on any atom is 0.305 e. The zero-order valence-corrected chi connectivity index (χ0v) is 9.51. The fraction of sp³-hybridized carbons (Fsp3) is 0.231. The van der Waals surface area contributed by atoms with Crippen molar-refractivity contribution in [3.8, 4) is 11.8 Å². The molecular weight excluding hydrogens is 218 g/mol. The third-order valence-corrected chi connectivity index (χ3v) is 2.09. The Bertz CT molecular complexity index is 457. The maximum atomic E-state index is 11.7. The second kappa shape index (κ2) is 6.33. The minimum Gasteiger partial charge on any atom is -0.481 e. The van der Waals surface area contributed by atoms with Gasteiger partial charge in [0.25, 0.3) is 0 Å². The molecular formula is C13H13NO3. The number of rotatable bonds is 4. The quantitative estimate of drug-likeness (QED) is 0.799. The number of amides is 1. The number of benzene rings is 1. The summed E-state index contributed by atoms with van der Waals surface area (Å²) in [5.41, 5.74) is 0.654. The molecule has 0 atom stereocenters. The van der Waals surface area contributed by atoms with Crippen LogP contribution < -0.4 is 4.90 Å². The summed E-state index contributed by atoms with van der Waals surface area (Å²) in [7, 11) is 0. The average molecular weight is 231 g/mol. The number of hydrogen-bond acceptors (Lipinski definition) is 2. The van der Waals surface area contributed by atoms with Crippen molar-refractivity contribution in [2.75, 3.05) is 11.4 Å². The van der Waals surface area contributed by atoms with Gasteiger partial charge < -0.3 is 10.0 Å². The van der Waals surface area contributed by atoms with Crippen LogP contribution in [0.1, 0.15) is 13.3 Å². The first-order valence-electron chi connectivity index (χ1n) is 5.16. The second-order valence-corrected chi connectivity index (χ2v) is 3.31. The van der Waals surface area contributed by atoms with Crippen molar-refractivity contribution in [2.24, 2.45) is 0 Å². The van der Waals surface area contributed by atoms with E-state index in [0.717, 1.165) is 0 Å². The minimum atomic E-state index is -0.941. The van der Waals surface area contributed by atoms with E-state index in [1.807, 2.05) is 6.07 Å². The molecule has 4 heteroatoms. The Morgan fingerprint density at radius 1 is 1.29 bits per heavy atom. The molecule has 1 N–H and O–H groups in total. The van der Waals surface area contributed by atoms with Crippen LogP contribution in [0.3, 0.4) is 0 Å². The molecule has 88 valence electrons. The van der Waals surface area contributed by atoms with Gasteiger partial charge in [0.05, 0.1) is 6.42 Å². The number of carbonyl (C=O) groups is 2. The molecule has 17 heavy (non-hydrogen) atoms. The van der Waals surface area contributed by atoms with Crippen molar-refractivity contribution in [3.63, 3.8) is 0 Å². The lowest BCUT2D eigenvalue weighted by molar-refractivity contribution is -0.136. The van der Waals surface area contributed by atoms with Gasteiger partial charge in [-0.25, -0.2) is 0 Å². The van der Waals surface area contributed by atoms with Crippen molar-refractivity contribution in [1.82, 2.24) is 0 Å². The molecule has 1 rings (SSSR count). The number of carboxylic acid groups (broad SMARTS) is 1. The summed E-state index contributed by atoms with van der Waals surface area (Å²) in [6, 6.07) is 8.90. The third-order valence-electron chi connectivity index (χ3n) is 2.09. The van der Waals surface area contributed by atoms with Crippen LogP contribution in [-0.2, 0) is 9.59 Å². The van der Waals surface area contributed by atoms with Crippen molar-refractivity contribution in [2.45, 2.75) is 13.3 Å². The first-order chi connectivity index (χ1) is 8.15. The van der Waals surface area contributed by atoms with Gasteiger partial charge in [-0.3, -0.25) is 9.59 Å². The number of nitrogens with zero attached hydrogens (tertiary/aromatic N) is 1. The van der Waals surface area contributed by atoms with E-state index >= 15 is 0 Å². The number of hydrogen-bond donors (Lipinski definition) is 1. The van der Waals surface area contributed by atoms with E-state index in [9.17, 15) is 9.59 Å². The van der Waals surface area contributed by atoms with Crippen molar-refractivity contribution in [1.29, 1.82) is 0 Å². The molecule has 0 aliphatic heterocycles. The zero-order chi connectivity index (χ0) is 12.7. The Morgan fingerprint density at radius 2 is 1.94 bits per heavy atom. The van der Waals surface area contributed by atoms with Crippen molar-refractivity contribution >= 4 is 17.6 Å². The van der Waals surface area contributed by atoms with Crippen LogP contribution in [0.25, 0.3) is 0 Å². The molecule has 0 saturated carbocycles. The maximum absolute atomic E-state index is 11.7. The molecule has 0 spiro atoms. The molecule has 0 heterocycles. The standard InChI is InChI=1S/C13H13NO3/c1-2-6-12(15)14(10-9-13(16)17)11-7-4-3-5-8-11/h3-5,7-8H,9-10H2,1H3,(H,16,17). The van der Waals surface area contributed by atoms with Crippen LogP contribution in [0.4, 0.5) is 5.69 Å². The van der Waals surface area contributed by atoms with Gasteiger partial charge in [0.2, 0.25) is 0 Å². The van der Waals surface area contributed by atoms with Crippen LogP contribution in [0, 0.1) is 11.8 Å². The van der Waals surface area contributed by atoms with Gasteiger partial charge in [-0.1, -0.05) is 24.1 Å². The predicted molar refractivity (Wildman–Crippen MR) is 64.5 cm³/mol. The molecule has 0 aliphatic rings. The van der Waals surface area contributed by atoms with Crippen molar-refractivity contribution < 1.29 is 14.7 Å². The van der Waals surface area contributed by atoms with Gasteiger partial charge in [-0.15, -0.1) is 0 Å². The SMILES string of the molecule is CC#CC(=O)N(CCC(=O)O)c1ccccc1. The van der Waals surface area contributed by atoms with Gasteiger partial charge in [0.15, 0.2) is 0 Å². The number of aliphatic carboxylic acids is 1. The summed E-state index contributed by atoms with van der Waals surface area (Å²) >= 11 is 0. The van der Waals surface area contributed by atoms with E-state index < -0.39 is 5.97 Å². The predicted octanol–water partition coefficient (Wildman–Crippen LogP) is 1.52. The molecule has 1 aromatic carbocycles. The number of carboxylic acids is 1. The zero-order valence-electron chi connectivity index (χ0n) is 9.51. The molecule has 1 aromatic rings. The van der Waals surface area contributed by atoms with E-state index in [1.165, 1.54) is 4.90 Å². The van der Waals surface area contributed by atoms with Crippen LogP contribution in [0.2, 0.25) is 0 Å². The third kappa shape index (κ3) is 3.99. The lowest BCUT2D eigenvalue weighted by Gasteiger charge is -2.19. The van der Waals surface area contributed by atoms with Crippen LogP contribution >= 0.6 is 0 Å². The average Bonchev–Trinajstić information content (AvgIpc) is 2.30. The molecule has 0 bridgehead atoms. The Morgan fingerprint density at radius 3 is 2.47 bits per heavy atom. The van der Waals surface area contributed by atoms with Gasteiger partial charge >= 0.3 is 11.9 Å². The Hall–Kier alpha value is -2.28. The van der Waals surface area contributed by atoms with Gasteiger partial charge in [-0.2, -0.15) is 0 Å². The molecule has 0 radical (unpaired) electrons. The lowest BCUT2D eigenvalue weighted by Crippen LogP contribution is -2.31. The number of para-hydroxylation sites is 1. The highest BCUT2D eigenvalue weighted by molar-refractivity contribution is 6.06. The summed E-state index contributed by atoms with van der Waals surface area (Å²) in [5, 5.41) is 8.65. The normalized spacial score (nSPS) is 9.00. The van der Waals surface area contributed by atoms with Gasteiger partial charge in [-0.05, 0) is 25.0 Å². The largest absolute Gasteiger partial charge is 0.481 e. The molecule has 0 fully saturated rings. The number of carbonyl (C=O) groups excluding carboxylic acids is 1. The first kappa shape index (κ1) is 12.8. The highest BCUT2D eigenvalue weighted by Gasteiger charge is 2.14. The smallest absolute Gasteiger partial charge is 0.305 e. The highest BCUT2D eigenvalue weighted by atomic mass is 16.4. The fourth-order valence-corrected chi connectivity index (χ4v) is 1.34. The van der Waals surface area contributed by atoms with Crippen LogP contribution in [-0.4, -0.2) is 23.5 Å². The molecule has 4 nitrogen and oxygen atoms in total. The second-order valence-electron chi connectivity index (χ2n) is 3.31. The fourth-order valence-electron chi connectivity index (χ4n) is 1.34. The summed E-state index contributed by atoms with van der Waals surface area (Å²) in [4.78, 5) is 23.6. The van der Waals surface area contributed by atoms with Crippen LogP contribution in [0.15, 0.2) is 30.3 Å². The topological polar surface area (TPSA) is 57.6 Å². The highest BCUT2D eigenvalue weighted by Crippen LogP contribution is 2.13. The number of anilines is 1. The molecule has 0 aromatic heterocycles. The summed E-state index contributed by atoms with van der Waals surface area (Å²) in [5.74, 6) is 3.60. The lowest BCUT2D eigenvalue weighted by atomic mass is 10.2. The first-order valence-corrected chi connectivity index (χ1v) is 5.16. The van der Waals surface area contributed by atoms with E-state index in [4.69, 9.17) is 5.11 Å². The minimum absolute atomic E-state index is 0.105. The van der Waals surface area contributed by atoms with Gasteiger partial charge in [0, 0.05) is 12.2 Å². The van der Waals surface area contributed by atoms with Crippen molar-refractivity contribution in [3.05, 3.63) is 30.3 Å². The van der Waals surface area contributed by atoms with E-state index in [-0.39, 0.29) is 18.9 Å². The van der Waals surface area contributed by atoms with E-state index in [1.54, 1.807) is 31.2 Å². The monoisotopic (exact) mass is 231 g/mol. The summed E-state index contributed by atoms with van der Waals surface area (Å²) in [6.45, 7) is 1.69. The summed E-state index contributed by atoms with van der Waals surface area (Å²) < 4.78 is 0. The Labute approximate surface area is 99.9 Å². The summed E-state index contributed by atoms with van der Waals surface area (Å²) in [6.07, 6.45) is -0.105. The molecule has 0 aliphatic carbocycles. The van der Waals surface area contributed by atoms with E-state index in [0.29, 0.717) is 5.69 Å². The molecule has 0 unspecified atom stereocenters. The molecule has 0 saturated heterocycles. The van der Waals surface area contributed by atoms with Crippen LogP contribution in [0.5, 0.6) is 0 Å². The Balaban J connectivity index is 2.89. The molecule has 1 amide bonds.